The third-order valence-electron chi connectivity index (χ3n) is 2.67. The highest BCUT2D eigenvalue weighted by atomic mass is 32.1. The molecule has 1 rings (SSSR count). The van der Waals surface area contributed by atoms with Crippen molar-refractivity contribution < 1.29 is 0 Å². The summed E-state index contributed by atoms with van der Waals surface area (Å²) >= 11 is 5.04. The van der Waals surface area contributed by atoms with Gasteiger partial charge in [-0.1, -0.05) is 12.2 Å². The summed E-state index contributed by atoms with van der Waals surface area (Å²) in [6.07, 6.45) is 0. The normalized spacial score (nSPS) is 18.7. The minimum absolute atomic E-state index is 0.363. The van der Waals surface area contributed by atoms with Crippen molar-refractivity contribution in [2.24, 2.45) is 5.73 Å². The lowest BCUT2D eigenvalue weighted by Crippen LogP contribution is -2.46. The second-order valence-corrected chi connectivity index (χ2v) is 4.15. The van der Waals surface area contributed by atoms with Crippen LogP contribution < -0.4 is 11.1 Å². The Morgan fingerprint density at radius 3 is 2.38 bits per heavy atom. The van der Waals surface area contributed by atoms with Crippen LogP contribution in [0.3, 0.4) is 0 Å². The number of nitriles is 1. The molecule has 0 saturated carbocycles. The maximum Gasteiger partial charge on any atom is 0.126 e. The van der Waals surface area contributed by atoms with Gasteiger partial charge in [0, 0.05) is 33.2 Å². The van der Waals surface area contributed by atoms with Crippen molar-refractivity contribution in [3.63, 3.8) is 0 Å². The SMILES string of the molecule is CNC(=S)/C(C#N)=C(\N)N1CCN(C)CC1. The van der Waals surface area contributed by atoms with E-state index in [0.29, 0.717) is 16.4 Å². The molecule has 16 heavy (non-hydrogen) atoms. The number of nitrogens with one attached hydrogen (secondary N) is 1. The molecule has 1 heterocycles. The zero-order valence-corrected chi connectivity index (χ0v) is 10.5. The van der Waals surface area contributed by atoms with Gasteiger partial charge in [-0.05, 0) is 7.05 Å². The lowest BCUT2D eigenvalue weighted by Gasteiger charge is -2.34. The Morgan fingerprint density at radius 1 is 1.38 bits per heavy atom. The molecule has 6 heteroatoms. The highest BCUT2D eigenvalue weighted by molar-refractivity contribution is 7.80. The van der Waals surface area contributed by atoms with Crippen molar-refractivity contribution in [2.75, 3.05) is 40.3 Å². The van der Waals surface area contributed by atoms with Crippen molar-refractivity contribution in [1.29, 1.82) is 5.26 Å². The Bertz CT molecular complexity index is 336. The molecule has 0 spiro atoms. The second-order valence-electron chi connectivity index (χ2n) is 3.74. The molecule has 5 nitrogen and oxygen atoms in total. The molecule has 0 amide bonds. The van der Waals surface area contributed by atoms with Crippen molar-refractivity contribution in [3.8, 4) is 6.07 Å². The van der Waals surface area contributed by atoms with Gasteiger partial charge in [-0.25, -0.2) is 0 Å². The molecule has 0 aliphatic carbocycles. The average Bonchev–Trinajstić information content (AvgIpc) is 2.30. The fraction of sp³-hybridized carbons (Fsp3) is 0.600. The van der Waals surface area contributed by atoms with E-state index >= 15 is 0 Å². The summed E-state index contributed by atoms with van der Waals surface area (Å²) in [5.74, 6) is 0.481. The summed E-state index contributed by atoms with van der Waals surface area (Å²) in [4.78, 5) is 4.63. The number of piperazine rings is 1. The lowest BCUT2D eigenvalue weighted by atomic mass is 10.2. The minimum Gasteiger partial charge on any atom is -0.384 e. The zero-order chi connectivity index (χ0) is 12.1. The number of hydrogen-bond acceptors (Lipinski definition) is 5. The Morgan fingerprint density at radius 2 is 1.94 bits per heavy atom. The van der Waals surface area contributed by atoms with Crippen LogP contribution in [0.15, 0.2) is 11.4 Å². The standard InChI is InChI=1S/C10H17N5S/c1-13-10(16)8(7-11)9(12)15-5-3-14(2)4-6-15/h3-6,12H2,1-2H3,(H,13,16)/b9-8+. The van der Waals surface area contributed by atoms with E-state index in [1.54, 1.807) is 7.05 Å². The quantitative estimate of drug-likeness (QED) is 0.384. The van der Waals surface area contributed by atoms with E-state index in [2.05, 4.69) is 23.3 Å². The topological polar surface area (TPSA) is 68.3 Å². The number of likely N-dealkylation sites (N-methyl/N-ethyl adjacent to an activating group) is 2. The van der Waals surface area contributed by atoms with Gasteiger partial charge in [-0.3, -0.25) is 0 Å². The molecular weight excluding hydrogens is 222 g/mol. The van der Waals surface area contributed by atoms with E-state index < -0.39 is 0 Å². The van der Waals surface area contributed by atoms with E-state index in [9.17, 15) is 0 Å². The first kappa shape index (κ1) is 12.7. The van der Waals surface area contributed by atoms with E-state index in [4.69, 9.17) is 23.2 Å². The largest absolute Gasteiger partial charge is 0.384 e. The van der Waals surface area contributed by atoms with Gasteiger partial charge in [0.1, 0.15) is 22.5 Å². The van der Waals surface area contributed by atoms with Crippen LogP contribution in [-0.2, 0) is 0 Å². The van der Waals surface area contributed by atoms with E-state index in [1.165, 1.54) is 0 Å². The molecule has 3 N–H and O–H groups in total. The van der Waals surface area contributed by atoms with Crippen LogP contribution in [0.5, 0.6) is 0 Å². The van der Waals surface area contributed by atoms with Crippen LogP contribution in [0.2, 0.25) is 0 Å². The molecule has 0 bridgehead atoms. The Labute approximate surface area is 101 Å². The molecule has 0 radical (unpaired) electrons. The predicted molar refractivity (Wildman–Crippen MR) is 67.6 cm³/mol. The smallest absolute Gasteiger partial charge is 0.126 e. The second kappa shape index (κ2) is 5.68. The molecule has 0 atom stereocenters. The van der Waals surface area contributed by atoms with E-state index in [1.807, 2.05) is 4.90 Å². The van der Waals surface area contributed by atoms with Crippen LogP contribution in [0.4, 0.5) is 0 Å². The Kier molecular flexibility index (Phi) is 4.52. The zero-order valence-electron chi connectivity index (χ0n) is 9.66. The van der Waals surface area contributed by atoms with Gasteiger partial charge in [-0.2, -0.15) is 5.26 Å². The van der Waals surface area contributed by atoms with Crippen LogP contribution in [0, 0.1) is 11.3 Å². The number of rotatable bonds is 2. The molecule has 0 aromatic rings. The summed E-state index contributed by atoms with van der Waals surface area (Å²) in [5, 5.41) is 11.8. The monoisotopic (exact) mass is 239 g/mol. The first-order chi connectivity index (χ1) is 7.60. The molecule has 1 fully saturated rings. The van der Waals surface area contributed by atoms with Gasteiger partial charge in [0.05, 0.1) is 0 Å². The Balaban J connectivity index is 2.81. The van der Waals surface area contributed by atoms with Gasteiger partial charge < -0.3 is 20.9 Å². The first-order valence-corrected chi connectivity index (χ1v) is 5.56. The average molecular weight is 239 g/mol. The van der Waals surface area contributed by atoms with Gasteiger partial charge in [-0.15, -0.1) is 0 Å². The maximum atomic E-state index is 9.03. The summed E-state index contributed by atoms with van der Waals surface area (Å²) in [6, 6.07) is 2.06. The molecule has 0 unspecified atom stereocenters. The number of thiocarbonyl (C=S) groups is 1. The van der Waals surface area contributed by atoms with Gasteiger partial charge in [0.2, 0.25) is 0 Å². The minimum atomic E-state index is 0.363. The third-order valence-corrected chi connectivity index (χ3v) is 3.07. The maximum absolute atomic E-state index is 9.03. The highest BCUT2D eigenvalue weighted by Gasteiger charge is 2.18. The molecule has 1 saturated heterocycles. The predicted octanol–water partition coefficient (Wildman–Crippen LogP) is -0.526. The van der Waals surface area contributed by atoms with Crippen LogP contribution >= 0.6 is 12.2 Å². The van der Waals surface area contributed by atoms with Crippen LogP contribution in [0.1, 0.15) is 0 Å². The first-order valence-electron chi connectivity index (χ1n) is 5.15. The molecule has 88 valence electrons. The van der Waals surface area contributed by atoms with Crippen LogP contribution in [0.25, 0.3) is 0 Å². The molecule has 1 aliphatic heterocycles. The van der Waals surface area contributed by atoms with Crippen molar-refractivity contribution in [1.82, 2.24) is 15.1 Å². The highest BCUT2D eigenvalue weighted by Crippen LogP contribution is 2.09. The van der Waals surface area contributed by atoms with Crippen LogP contribution in [-0.4, -0.2) is 55.1 Å². The van der Waals surface area contributed by atoms with Gasteiger partial charge in [0.15, 0.2) is 0 Å². The van der Waals surface area contributed by atoms with E-state index in [0.717, 1.165) is 26.2 Å². The van der Waals surface area contributed by atoms with E-state index in [-0.39, 0.29) is 0 Å². The molecule has 0 aromatic carbocycles. The fourth-order valence-corrected chi connectivity index (χ4v) is 1.71. The summed E-state index contributed by atoms with van der Waals surface area (Å²) < 4.78 is 0. The number of nitrogens with zero attached hydrogens (tertiary/aromatic N) is 3. The summed E-state index contributed by atoms with van der Waals surface area (Å²) in [5.41, 5.74) is 6.33. The summed E-state index contributed by atoms with van der Waals surface area (Å²) in [7, 11) is 3.76. The van der Waals surface area contributed by atoms with Gasteiger partial charge in [0.25, 0.3) is 0 Å². The van der Waals surface area contributed by atoms with Crippen molar-refractivity contribution >= 4 is 17.2 Å². The van der Waals surface area contributed by atoms with Gasteiger partial charge >= 0.3 is 0 Å². The lowest BCUT2D eigenvalue weighted by molar-refractivity contribution is 0.184. The fourth-order valence-electron chi connectivity index (χ4n) is 1.55. The van der Waals surface area contributed by atoms with Crippen molar-refractivity contribution in [3.05, 3.63) is 11.4 Å². The van der Waals surface area contributed by atoms with Crippen molar-refractivity contribution in [2.45, 2.75) is 0 Å². The molecular formula is C10H17N5S. The Hall–Kier alpha value is -1.32. The number of nitrogens with two attached hydrogens (primary N) is 1. The number of hydrogen-bond donors (Lipinski definition) is 2. The summed E-state index contributed by atoms with van der Waals surface area (Å²) in [6.45, 7) is 3.57. The third kappa shape index (κ3) is 2.84. The molecule has 0 aromatic heterocycles. The molecule has 1 aliphatic rings.